The van der Waals surface area contributed by atoms with Crippen molar-refractivity contribution in [1.82, 2.24) is 0 Å². The summed E-state index contributed by atoms with van der Waals surface area (Å²) in [5, 5.41) is 0. The SMILES string of the molecule is CCCC[C@@H](OC)C1(CC=C(C)C)CC1. The Morgan fingerprint density at radius 2 is 2.07 bits per heavy atom. The normalized spacial score (nSPS) is 19.7. The minimum atomic E-state index is 0.494. The van der Waals surface area contributed by atoms with E-state index in [1.807, 2.05) is 7.11 Å². The first-order valence-electron chi connectivity index (χ1n) is 6.31. The van der Waals surface area contributed by atoms with Gasteiger partial charge in [-0.25, -0.2) is 0 Å². The molecule has 0 bridgehead atoms. The second kappa shape index (κ2) is 5.69. The van der Waals surface area contributed by atoms with Gasteiger partial charge in [0.1, 0.15) is 0 Å². The maximum atomic E-state index is 5.68. The van der Waals surface area contributed by atoms with Gasteiger partial charge in [0, 0.05) is 12.5 Å². The Bertz CT molecular complexity index is 209. The van der Waals surface area contributed by atoms with Crippen LogP contribution in [0.5, 0.6) is 0 Å². The number of hydrogen-bond donors (Lipinski definition) is 0. The number of allylic oxidation sites excluding steroid dienone is 2. The first-order chi connectivity index (χ1) is 7.14. The molecule has 1 fully saturated rings. The van der Waals surface area contributed by atoms with Gasteiger partial charge in [-0.3, -0.25) is 0 Å². The van der Waals surface area contributed by atoms with Crippen LogP contribution in [0.1, 0.15) is 59.3 Å². The highest BCUT2D eigenvalue weighted by Crippen LogP contribution is 2.54. The van der Waals surface area contributed by atoms with Crippen molar-refractivity contribution in [3.63, 3.8) is 0 Å². The first kappa shape index (κ1) is 12.8. The highest BCUT2D eigenvalue weighted by atomic mass is 16.5. The molecule has 0 radical (unpaired) electrons. The Balaban J connectivity index is 2.47. The van der Waals surface area contributed by atoms with Crippen molar-refractivity contribution in [2.45, 2.75) is 65.4 Å². The van der Waals surface area contributed by atoms with Gasteiger partial charge in [0.15, 0.2) is 0 Å². The van der Waals surface area contributed by atoms with Crippen LogP contribution in [0.25, 0.3) is 0 Å². The zero-order valence-corrected chi connectivity index (χ0v) is 10.8. The number of methoxy groups -OCH3 is 1. The second-order valence-electron chi connectivity index (χ2n) is 5.21. The van der Waals surface area contributed by atoms with E-state index < -0.39 is 0 Å². The van der Waals surface area contributed by atoms with Gasteiger partial charge >= 0.3 is 0 Å². The molecule has 0 spiro atoms. The molecule has 1 saturated carbocycles. The molecule has 0 aromatic rings. The number of unbranched alkanes of at least 4 members (excludes halogenated alkanes) is 1. The van der Waals surface area contributed by atoms with Crippen LogP contribution in [-0.2, 0) is 4.74 Å². The third-order valence-electron chi connectivity index (χ3n) is 3.60. The molecule has 1 aliphatic rings. The van der Waals surface area contributed by atoms with Gasteiger partial charge in [-0.2, -0.15) is 0 Å². The zero-order chi connectivity index (χ0) is 11.3. The van der Waals surface area contributed by atoms with Crippen LogP contribution in [-0.4, -0.2) is 13.2 Å². The van der Waals surface area contributed by atoms with Gasteiger partial charge in [-0.15, -0.1) is 0 Å². The third-order valence-corrected chi connectivity index (χ3v) is 3.60. The number of hydrogen-bond acceptors (Lipinski definition) is 1. The minimum Gasteiger partial charge on any atom is -0.381 e. The molecule has 1 aliphatic carbocycles. The summed E-state index contributed by atoms with van der Waals surface area (Å²) < 4.78 is 5.68. The molecule has 0 saturated heterocycles. The van der Waals surface area contributed by atoms with Gasteiger partial charge in [0.05, 0.1) is 6.10 Å². The highest BCUT2D eigenvalue weighted by molar-refractivity contribution is 5.06. The van der Waals surface area contributed by atoms with Crippen molar-refractivity contribution in [2.75, 3.05) is 7.11 Å². The van der Waals surface area contributed by atoms with Crippen LogP contribution >= 0.6 is 0 Å². The van der Waals surface area contributed by atoms with Crippen molar-refractivity contribution >= 4 is 0 Å². The smallest absolute Gasteiger partial charge is 0.0630 e. The van der Waals surface area contributed by atoms with Crippen LogP contribution < -0.4 is 0 Å². The maximum Gasteiger partial charge on any atom is 0.0630 e. The van der Waals surface area contributed by atoms with E-state index in [-0.39, 0.29) is 0 Å². The van der Waals surface area contributed by atoms with Gasteiger partial charge in [0.25, 0.3) is 0 Å². The lowest BCUT2D eigenvalue weighted by Gasteiger charge is -2.24. The Labute approximate surface area is 94.9 Å². The van der Waals surface area contributed by atoms with Crippen LogP contribution in [0.3, 0.4) is 0 Å². The molecule has 1 nitrogen and oxygen atoms in total. The second-order valence-corrected chi connectivity index (χ2v) is 5.21. The zero-order valence-electron chi connectivity index (χ0n) is 10.8. The minimum absolute atomic E-state index is 0.494. The quantitative estimate of drug-likeness (QED) is 0.568. The van der Waals surface area contributed by atoms with Gasteiger partial charge in [-0.05, 0) is 39.5 Å². The highest BCUT2D eigenvalue weighted by Gasteiger charge is 2.48. The van der Waals surface area contributed by atoms with Crippen LogP contribution in [0.4, 0.5) is 0 Å². The maximum absolute atomic E-state index is 5.68. The van der Waals surface area contributed by atoms with Gasteiger partial charge < -0.3 is 4.74 Å². The summed E-state index contributed by atoms with van der Waals surface area (Å²) in [6.45, 7) is 6.62. The van der Waals surface area contributed by atoms with Crippen molar-refractivity contribution < 1.29 is 4.74 Å². The van der Waals surface area contributed by atoms with E-state index in [2.05, 4.69) is 26.8 Å². The summed E-state index contributed by atoms with van der Waals surface area (Å²) in [6.07, 6.45) is 10.6. The van der Waals surface area contributed by atoms with E-state index in [4.69, 9.17) is 4.74 Å². The standard InChI is InChI=1S/C14H26O/c1-5-6-7-13(15-4)14(10-11-14)9-8-12(2)3/h8,13H,5-7,9-11H2,1-4H3/t13-/m1/s1. The lowest BCUT2D eigenvalue weighted by Crippen LogP contribution is -2.24. The van der Waals surface area contributed by atoms with Gasteiger partial charge in [0.2, 0.25) is 0 Å². The van der Waals surface area contributed by atoms with Crippen LogP contribution in [0.2, 0.25) is 0 Å². The molecular formula is C14H26O. The molecule has 0 aliphatic heterocycles. The molecule has 88 valence electrons. The monoisotopic (exact) mass is 210 g/mol. The fourth-order valence-corrected chi connectivity index (χ4v) is 2.29. The average molecular weight is 210 g/mol. The number of rotatable bonds is 7. The molecule has 0 N–H and O–H groups in total. The Hall–Kier alpha value is -0.300. The van der Waals surface area contributed by atoms with Crippen LogP contribution in [0, 0.1) is 5.41 Å². The van der Waals surface area contributed by atoms with E-state index >= 15 is 0 Å². The largest absolute Gasteiger partial charge is 0.381 e. The van der Waals surface area contributed by atoms with Crippen LogP contribution in [0.15, 0.2) is 11.6 Å². The molecule has 15 heavy (non-hydrogen) atoms. The molecule has 1 atom stereocenters. The van der Waals surface area contributed by atoms with Crippen molar-refractivity contribution in [3.05, 3.63) is 11.6 Å². The molecule has 0 aromatic heterocycles. The topological polar surface area (TPSA) is 9.23 Å². The first-order valence-corrected chi connectivity index (χ1v) is 6.31. The van der Waals surface area contributed by atoms with E-state index in [0.29, 0.717) is 11.5 Å². The summed E-state index contributed by atoms with van der Waals surface area (Å²) >= 11 is 0. The van der Waals surface area contributed by atoms with Gasteiger partial charge in [-0.1, -0.05) is 31.4 Å². The Morgan fingerprint density at radius 1 is 1.40 bits per heavy atom. The van der Waals surface area contributed by atoms with E-state index in [9.17, 15) is 0 Å². The molecular weight excluding hydrogens is 184 g/mol. The summed E-state index contributed by atoms with van der Waals surface area (Å²) in [4.78, 5) is 0. The lowest BCUT2D eigenvalue weighted by molar-refractivity contribution is 0.0326. The van der Waals surface area contributed by atoms with Crippen molar-refractivity contribution in [3.8, 4) is 0 Å². The summed E-state index contributed by atoms with van der Waals surface area (Å²) in [6, 6.07) is 0. The average Bonchev–Trinajstić information content (AvgIpc) is 2.97. The molecule has 0 unspecified atom stereocenters. The van der Waals surface area contributed by atoms with E-state index in [1.54, 1.807) is 0 Å². The Kier molecular flexibility index (Phi) is 4.85. The molecule has 1 heteroatoms. The summed E-state index contributed by atoms with van der Waals surface area (Å²) in [5.41, 5.74) is 1.94. The molecule has 0 heterocycles. The van der Waals surface area contributed by atoms with Crippen molar-refractivity contribution in [2.24, 2.45) is 5.41 Å². The fraction of sp³-hybridized carbons (Fsp3) is 0.857. The summed E-state index contributed by atoms with van der Waals surface area (Å²) in [7, 11) is 1.88. The fourth-order valence-electron chi connectivity index (χ4n) is 2.29. The molecule has 1 rings (SSSR count). The van der Waals surface area contributed by atoms with E-state index in [1.165, 1.54) is 44.1 Å². The predicted molar refractivity (Wildman–Crippen MR) is 66.0 cm³/mol. The van der Waals surface area contributed by atoms with Crippen molar-refractivity contribution in [1.29, 1.82) is 0 Å². The molecule has 0 aromatic carbocycles. The number of ether oxygens (including phenoxy) is 1. The Morgan fingerprint density at radius 3 is 2.47 bits per heavy atom. The predicted octanol–water partition coefficient (Wildman–Crippen LogP) is 4.33. The summed E-state index contributed by atoms with van der Waals surface area (Å²) in [5.74, 6) is 0. The third kappa shape index (κ3) is 3.64. The van der Waals surface area contributed by atoms with E-state index in [0.717, 1.165) is 0 Å². The lowest BCUT2D eigenvalue weighted by atomic mass is 9.90. The molecule has 0 amide bonds.